The molecule has 4 aromatic rings. The Morgan fingerprint density at radius 2 is 2.10 bits per heavy atom. The van der Waals surface area contributed by atoms with Gasteiger partial charge in [-0.05, 0) is 39.7 Å². The fourth-order valence-corrected chi connectivity index (χ4v) is 3.83. The van der Waals surface area contributed by atoms with Crippen molar-refractivity contribution in [2.24, 2.45) is 5.10 Å². The molecule has 1 N–H and O–H groups in total. The van der Waals surface area contributed by atoms with Gasteiger partial charge in [0, 0.05) is 22.7 Å². The number of benzene rings is 2. The minimum atomic E-state index is 0.608. The second-order valence-electron chi connectivity index (χ2n) is 6.20. The highest BCUT2D eigenvalue weighted by Gasteiger charge is 2.07. The Kier molecular flexibility index (Phi) is 6.02. The Bertz CT molecular complexity index is 1120. The average Bonchev–Trinajstić information content (AvgIpc) is 3.38. The third-order valence-electron chi connectivity index (χ3n) is 4.19. The minimum Gasteiger partial charge on any atom is -0.496 e. The SMILES string of the molecule is COc1ccc(C=NNc2nc(-c3ccccc3)cs2)cc1Cn1cc(Br)cn1. The van der Waals surface area contributed by atoms with Crippen LogP contribution in [0.4, 0.5) is 5.13 Å². The van der Waals surface area contributed by atoms with Crippen LogP contribution in [-0.2, 0) is 6.54 Å². The van der Waals surface area contributed by atoms with Crippen molar-refractivity contribution in [3.8, 4) is 17.0 Å². The van der Waals surface area contributed by atoms with E-state index in [2.05, 4.69) is 36.5 Å². The van der Waals surface area contributed by atoms with E-state index >= 15 is 0 Å². The van der Waals surface area contributed by atoms with E-state index in [9.17, 15) is 0 Å². The van der Waals surface area contributed by atoms with Crippen LogP contribution in [0.1, 0.15) is 11.1 Å². The predicted octanol–water partition coefficient (Wildman–Crippen LogP) is 5.27. The van der Waals surface area contributed by atoms with Crippen molar-refractivity contribution in [3.05, 3.63) is 81.9 Å². The lowest BCUT2D eigenvalue weighted by atomic mass is 10.1. The molecular formula is C21H18BrN5OS. The first-order valence-electron chi connectivity index (χ1n) is 8.86. The molecule has 0 aliphatic rings. The Morgan fingerprint density at radius 1 is 1.24 bits per heavy atom. The maximum absolute atomic E-state index is 5.48. The number of halogens is 1. The van der Waals surface area contributed by atoms with Crippen LogP contribution in [0.5, 0.6) is 5.75 Å². The van der Waals surface area contributed by atoms with E-state index in [1.165, 1.54) is 11.3 Å². The standard InChI is InChI=1S/C21H18BrN5OS/c1-28-20-8-7-15(9-17(20)12-27-13-18(22)11-24-27)10-23-26-21-25-19(14-29-21)16-5-3-2-4-6-16/h2-11,13-14H,12H2,1H3,(H,25,26). The van der Waals surface area contributed by atoms with Gasteiger partial charge in [-0.3, -0.25) is 10.1 Å². The van der Waals surface area contributed by atoms with Gasteiger partial charge in [0.15, 0.2) is 0 Å². The summed E-state index contributed by atoms with van der Waals surface area (Å²) < 4.78 is 8.27. The molecule has 0 amide bonds. The molecule has 0 saturated carbocycles. The second-order valence-corrected chi connectivity index (χ2v) is 7.98. The number of hydrogen-bond donors (Lipinski definition) is 1. The van der Waals surface area contributed by atoms with Crippen LogP contribution < -0.4 is 10.2 Å². The number of aromatic nitrogens is 3. The number of nitrogens with one attached hydrogen (secondary N) is 1. The smallest absolute Gasteiger partial charge is 0.203 e. The van der Waals surface area contributed by atoms with Gasteiger partial charge < -0.3 is 4.74 Å². The van der Waals surface area contributed by atoms with E-state index in [4.69, 9.17) is 4.74 Å². The number of rotatable bonds is 7. The van der Waals surface area contributed by atoms with Crippen LogP contribution in [0.3, 0.4) is 0 Å². The molecule has 8 heteroatoms. The molecule has 2 aromatic carbocycles. The molecule has 4 rings (SSSR count). The Labute approximate surface area is 181 Å². The van der Waals surface area contributed by atoms with Gasteiger partial charge in [0.25, 0.3) is 0 Å². The van der Waals surface area contributed by atoms with Crippen LogP contribution in [0.15, 0.2) is 75.9 Å². The van der Waals surface area contributed by atoms with Crippen LogP contribution in [-0.4, -0.2) is 28.1 Å². The highest BCUT2D eigenvalue weighted by Crippen LogP contribution is 2.25. The summed E-state index contributed by atoms with van der Waals surface area (Å²) in [4.78, 5) is 4.57. The summed E-state index contributed by atoms with van der Waals surface area (Å²) in [6.45, 7) is 0.608. The van der Waals surface area contributed by atoms with Gasteiger partial charge in [0.2, 0.25) is 5.13 Å². The van der Waals surface area contributed by atoms with Gasteiger partial charge in [-0.15, -0.1) is 11.3 Å². The zero-order chi connectivity index (χ0) is 20.1. The zero-order valence-corrected chi connectivity index (χ0v) is 18.0. The summed E-state index contributed by atoms with van der Waals surface area (Å²) in [5, 5.41) is 11.4. The maximum atomic E-state index is 5.48. The molecule has 2 heterocycles. The molecule has 0 spiro atoms. The summed E-state index contributed by atoms with van der Waals surface area (Å²) >= 11 is 4.94. The highest BCUT2D eigenvalue weighted by molar-refractivity contribution is 9.10. The molecule has 2 aromatic heterocycles. The van der Waals surface area contributed by atoms with Gasteiger partial charge in [-0.25, -0.2) is 4.98 Å². The maximum Gasteiger partial charge on any atom is 0.203 e. The van der Waals surface area contributed by atoms with Gasteiger partial charge in [0.05, 0.1) is 36.2 Å². The van der Waals surface area contributed by atoms with Gasteiger partial charge in [-0.1, -0.05) is 30.3 Å². The zero-order valence-electron chi connectivity index (χ0n) is 15.6. The third-order valence-corrected chi connectivity index (χ3v) is 5.34. The van der Waals surface area contributed by atoms with E-state index in [0.717, 1.165) is 37.7 Å². The molecular weight excluding hydrogens is 450 g/mol. The van der Waals surface area contributed by atoms with Crippen molar-refractivity contribution in [2.75, 3.05) is 12.5 Å². The molecule has 0 radical (unpaired) electrons. The van der Waals surface area contributed by atoms with Crippen molar-refractivity contribution < 1.29 is 4.74 Å². The molecule has 29 heavy (non-hydrogen) atoms. The summed E-state index contributed by atoms with van der Waals surface area (Å²) in [5.41, 5.74) is 7.01. The lowest BCUT2D eigenvalue weighted by Crippen LogP contribution is -2.03. The third kappa shape index (κ3) is 4.90. The number of anilines is 1. The average molecular weight is 468 g/mol. The Balaban J connectivity index is 1.46. The van der Waals surface area contributed by atoms with E-state index in [0.29, 0.717) is 6.54 Å². The number of thiazole rings is 1. The molecule has 0 saturated heterocycles. The van der Waals surface area contributed by atoms with Crippen molar-refractivity contribution in [1.29, 1.82) is 0 Å². The molecule has 0 aliphatic carbocycles. The van der Waals surface area contributed by atoms with Crippen molar-refractivity contribution in [3.63, 3.8) is 0 Å². The summed E-state index contributed by atoms with van der Waals surface area (Å²) in [6, 6.07) is 16.0. The van der Waals surface area contributed by atoms with E-state index < -0.39 is 0 Å². The van der Waals surface area contributed by atoms with Crippen LogP contribution in [0.25, 0.3) is 11.3 Å². The molecule has 146 valence electrons. The molecule has 0 aliphatic heterocycles. The van der Waals surface area contributed by atoms with Crippen LogP contribution >= 0.6 is 27.3 Å². The van der Waals surface area contributed by atoms with Crippen molar-refractivity contribution in [1.82, 2.24) is 14.8 Å². The minimum absolute atomic E-state index is 0.608. The van der Waals surface area contributed by atoms with Crippen molar-refractivity contribution in [2.45, 2.75) is 6.54 Å². The van der Waals surface area contributed by atoms with Gasteiger partial charge >= 0.3 is 0 Å². The van der Waals surface area contributed by atoms with Gasteiger partial charge in [0.1, 0.15) is 5.75 Å². The fourth-order valence-electron chi connectivity index (χ4n) is 2.83. The number of nitrogens with zero attached hydrogens (tertiary/aromatic N) is 4. The first-order valence-corrected chi connectivity index (χ1v) is 10.5. The fraction of sp³-hybridized carbons (Fsp3) is 0.0952. The second kappa shape index (κ2) is 9.02. The topological polar surface area (TPSA) is 64.3 Å². The Hall–Kier alpha value is -2.97. The summed E-state index contributed by atoms with van der Waals surface area (Å²) in [7, 11) is 1.67. The highest BCUT2D eigenvalue weighted by atomic mass is 79.9. The van der Waals surface area contributed by atoms with Crippen LogP contribution in [0, 0.1) is 0 Å². The van der Waals surface area contributed by atoms with E-state index in [-0.39, 0.29) is 0 Å². The summed E-state index contributed by atoms with van der Waals surface area (Å²) in [5.74, 6) is 0.814. The first kappa shape index (κ1) is 19.4. The van der Waals surface area contributed by atoms with Gasteiger partial charge in [-0.2, -0.15) is 10.2 Å². The largest absolute Gasteiger partial charge is 0.496 e. The molecule has 0 atom stereocenters. The van der Waals surface area contributed by atoms with E-state index in [1.807, 2.05) is 64.8 Å². The molecule has 6 nitrogen and oxygen atoms in total. The predicted molar refractivity (Wildman–Crippen MR) is 121 cm³/mol. The van der Waals surface area contributed by atoms with Crippen molar-refractivity contribution >= 4 is 38.6 Å². The van der Waals surface area contributed by atoms with E-state index in [1.54, 1.807) is 19.5 Å². The number of methoxy groups -OCH3 is 1. The monoisotopic (exact) mass is 467 g/mol. The number of hydrazone groups is 1. The lowest BCUT2D eigenvalue weighted by molar-refractivity contribution is 0.407. The number of hydrogen-bond acceptors (Lipinski definition) is 6. The molecule has 0 bridgehead atoms. The number of ether oxygens (including phenoxy) is 1. The van der Waals surface area contributed by atoms with Crippen LogP contribution in [0.2, 0.25) is 0 Å². The Morgan fingerprint density at radius 3 is 2.86 bits per heavy atom. The normalized spacial score (nSPS) is 11.1. The quantitative estimate of drug-likeness (QED) is 0.297. The lowest BCUT2D eigenvalue weighted by Gasteiger charge is -2.09. The molecule has 0 unspecified atom stereocenters. The first-order chi connectivity index (χ1) is 14.2. The summed E-state index contributed by atoms with van der Waals surface area (Å²) in [6.07, 6.45) is 5.46. The molecule has 0 fully saturated rings.